The van der Waals surface area contributed by atoms with Crippen molar-refractivity contribution in [3.05, 3.63) is 29.0 Å². The SMILES string of the molecule is Clc1ccc([C@H]2C[C@@H]3CC[C@H]2CN3)cn1. The minimum atomic E-state index is 0.595. The number of piperidine rings is 2. The Hall–Kier alpha value is -0.600. The summed E-state index contributed by atoms with van der Waals surface area (Å²) >= 11 is 5.81. The van der Waals surface area contributed by atoms with Gasteiger partial charge in [0.25, 0.3) is 0 Å². The smallest absolute Gasteiger partial charge is 0.129 e. The number of hydrogen-bond acceptors (Lipinski definition) is 2. The molecule has 0 aromatic carbocycles. The third-order valence-electron chi connectivity index (χ3n) is 3.84. The lowest BCUT2D eigenvalue weighted by molar-refractivity contribution is 0.180. The predicted molar refractivity (Wildman–Crippen MR) is 61.1 cm³/mol. The van der Waals surface area contributed by atoms with Crippen molar-refractivity contribution in [1.29, 1.82) is 0 Å². The highest BCUT2D eigenvalue weighted by Crippen LogP contribution is 2.40. The number of nitrogens with zero attached hydrogens (tertiary/aromatic N) is 1. The van der Waals surface area contributed by atoms with Crippen molar-refractivity contribution < 1.29 is 0 Å². The molecule has 1 aromatic heterocycles. The Morgan fingerprint density at radius 3 is 2.80 bits per heavy atom. The van der Waals surface area contributed by atoms with Crippen LogP contribution in [0.25, 0.3) is 0 Å². The van der Waals surface area contributed by atoms with Gasteiger partial charge in [0.1, 0.15) is 5.15 Å². The van der Waals surface area contributed by atoms with Gasteiger partial charge in [0.15, 0.2) is 0 Å². The molecule has 3 aliphatic rings. The summed E-state index contributed by atoms with van der Waals surface area (Å²) in [5.74, 6) is 1.51. The van der Waals surface area contributed by atoms with E-state index in [0.29, 0.717) is 11.1 Å². The molecular weight excluding hydrogens is 208 g/mol. The third-order valence-corrected chi connectivity index (χ3v) is 4.06. The first kappa shape index (κ1) is 9.61. The average Bonchev–Trinajstić information content (AvgIpc) is 2.31. The Balaban J connectivity index is 1.85. The maximum Gasteiger partial charge on any atom is 0.129 e. The van der Waals surface area contributed by atoms with Crippen LogP contribution >= 0.6 is 11.6 Å². The highest BCUT2D eigenvalue weighted by molar-refractivity contribution is 6.29. The quantitative estimate of drug-likeness (QED) is 0.739. The van der Waals surface area contributed by atoms with Gasteiger partial charge in [-0.05, 0) is 49.3 Å². The molecule has 3 heterocycles. The summed E-state index contributed by atoms with van der Waals surface area (Å²) in [5, 5.41) is 4.18. The van der Waals surface area contributed by atoms with Gasteiger partial charge in [-0.1, -0.05) is 17.7 Å². The van der Waals surface area contributed by atoms with Gasteiger partial charge >= 0.3 is 0 Å². The Morgan fingerprint density at radius 1 is 1.33 bits per heavy atom. The molecule has 0 amide bonds. The van der Waals surface area contributed by atoms with Gasteiger partial charge in [-0.15, -0.1) is 0 Å². The first-order chi connectivity index (χ1) is 7.33. The average molecular weight is 223 g/mol. The zero-order valence-electron chi connectivity index (χ0n) is 8.62. The lowest BCUT2D eigenvalue weighted by Crippen LogP contribution is -2.48. The van der Waals surface area contributed by atoms with E-state index in [1.807, 2.05) is 12.3 Å². The number of halogens is 1. The molecule has 2 nitrogen and oxygen atoms in total. The maximum atomic E-state index is 5.81. The summed E-state index contributed by atoms with van der Waals surface area (Å²) in [5.41, 5.74) is 1.37. The second kappa shape index (κ2) is 3.76. The van der Waals surface area contributed by atoms with E-state index in [1.165, 1.54) is 31.4 Å². The van der Waals surface area contributed by atoms with Gasteiger partial charge in [0.2, 0.25) is 0 Å². The molecule has 3 atom stereocenters. The monoisotopic (exact) mass is 222 g/mol. The summed E-state index contributed by atoms with van der Waals surface area (Å²) in [6, 6.07) is 4.78. The minimum Gasteiger partial charge on any atom is -0.314 e. The number of pyridine rings is 1. The summed E-state index contributed by atoms with van der Waals surface area (Å²) in [4.78, 5) is 4.18. The number of nitrogens with one attached hydrogen (secondary N) is 1. The van der Waals surface area contributed by atoms with E-state index in [2.05, 4.69) is 16.4 Å². The minimum absolute atomic E-state index is 0.595. The molecule has 1 aromatic rings. The second-order valence-electron chi connectivity index (χ2n) is 4.70. The van der Waals surface area contributed by atoms with E-state index in [9.17, 15) is 0 Å². The third kappa shape index (κ3) is 1.77. The molecule has 15 heavy (non-hydrogen) atoms. The van der Waals surface area contributed by atoms with Gasteiger partial charge in [-0.25, -0.2) is 4.98 Å². The first-order valence-electron chi connectivity index (χ1n) is 5.68. The summed E-state index contributed by atoms with van der Waals surface area (Å²) in [6.07, 6.45) is 5.94. The van der Waals surface area contributed by atoms with Gasteiger partial charge in [-0.2, -0.15) is 0 Å². The molecule has 0 spiro atoms. The van der Waals surface area contributed by atoms with Crippen molar-refractivity contribution in [3.63, 3.8) is 0 Å². The van der Waals surface area contributed by atoms with Crippen LogP contribution in [0.2, 0.25) is 5.15 Å². The highest BCUT2D eigenvalue weighted by Gasteiger charge is 2.35. The van der Waals surface area contributed by atoms with Gasteiger partial charge < -0.3 is 5.32 Å². The van der Waals surface area contributed by atoms with Gasteiger partial charge in [0, 0.05) is 12.2 Å². The fourth-order valence-corrected chi connectivity index (χ4v) is 3.11. The van der Waals surface area contributed by atoms with Crippen molar-refractivity contribution in [2.75, 3.05) is 6.54 Å². The van der Waals surface area contributed by atoms with E-state index < -0.39 is 0 Å². The molecule has 4 rings (SSSR count). The molecule has 0 unspecified atom stereocenters. The standard InChI is InChI=1S/C12H15ClN2/c13-12-4-2-9(7-15-12)11-5-10-3-1-8(11)6-14-10/h2,4,7-8,10-11,14H,1,3,5-6H2/t8-,10-,11-/m0/s1. The van der Waals surface area contributed by atoms with Crippen LogP contribution in [0.15, 0.2) is 18.3 Å². The molecular formula is C12H15ClN2. The van der Waals surface area contributed by atoms with Crippen molar-refractivity contribution >= 4 is 11.6 Å². The van der Waals surface area contributed by atoms with Crippen LogP contribution in [-0.2, 0) is 0 Å². The number of rotatable bonds is 1. The summed E-state index contributed by atoms with van der Waals surface area (Å²) in [6.45, 7) is 1.18. The maximum absolute atomic E-state index is 5.81. The van der Waals surface area contributed by atoms with Crippen LogP contribution in [0, 0.1) is 5.92 Å². The number of fused-ring (bicyclic) bond motifs is 3. The molecule has 2 bridgehead atoms. The first-order valence-corrected chi connectivity index (χ1v) is 6.05. The van der Waals surface area contributed by atoms with Gasteiger partial charge in [0.05, 0.1) is 0 Å². The van der Waals surface area contributed by atoms with Crippen LogP contribution in [0.3, 0.4) is 0 Å². The lowest BCUT2D eigenvalue weighted by atomic mass is 9.71. The molecule has 2 saturated heterocycles. The predicted octanol–water partition coefficient (Wildman–Crippen LogP) is 2.59. The number of hydrogen-bond donors (Lipinski definition) is 1. The van der Waals surface area contributed by atoms with Crippen LogP contribution < -0.4 is 5.32 Å². The van der Waals surface area contributed by atoms with Gasteiger partial charge in [-0.3, -0.25) is 0 Å². The molecule has 2 aliphatic heterocycles. The lowest BCUT2D eigenvalue weighted by Gasteiger charge is -2.43. The van der Waals surface area contributed by atoms with Crippen LogP contribution in [0.1, 0.15) is 30.7 Å². The van der Waals surface area contributed by atoms with Crippen LogP contribution in [0.5, 0.6) is 0 Å². The van der Waals surface area contributed by atoms with E-state index in [4.69, 9.17) is 11.6 Å². The van der Waals surface area contributed by atoms with E-state index in [1.54, 1.807) is 0 Å². The summed E-state index contributed by atoms with van der Waals surface area (Å²) in [7, 11) is 0. The van der Waals surface area contributed by atoms with Crippen molar-refractivity contribution in [3.8, 4) is 0 Å². The summed E-state index contributed by atoms with van der Waals surface area (Å²) < 4.78 is 0. The molecule has 80 valence electrons. The molecule has 1 saturated carbocycles. The Morgan fingerprint density at radius 2 is 2.27 bits per heavy atom. The van der Waals surface area contributed by atoms with Crippen molar-refractivity contribution in [1.82, 2.24) is 10.3 Å². The highest BCUT2D eigenvalue weighted by atomic mass is 35.5. The van der Waals surface area contributed by atoms with Crippen LogP contribution in [-0.4, -0.2) is 17.6 Å². The zero-order chi connectivity index (χ0) is 10.3. The van der Waals surface area contributed by atoms with E-state index in [-0.39, 0.29) is 0 Å². The molecule has 3 fully saturated rings. The van der Waals surface area contributed by atoms with E-state index >= 15 is 0 Å². The largest absolute Gasteiger partial charge is 0.314 e. The Kier molecular flexibility index (Phi) is 2.41. The van der Waals surface area contributed by atoms with Crippen molar-refractivity contribution in [2.45, 2.75) is 31.2 Å². The Bertz CT molecular complexity index is 341. The normalized spacial score (nSPS) is 34.3. The molecule has 1 aliphatic carbocycles. The fraction of sp³-hybridized carbons (Fsp3) is 0.583. The zero-order valence-corrected chi connectivity index (χ0v) is 9.37. The second-order valence-corrected chi connectivity index (χ2v) is 5.09. The number of aromatic nitrogens is 1. The Labute approximate surface area is 95.0 Å². The molecule has 0 radical (unpaired) electrons. The van der Waals surface area contributed by atoms with E-state index in [0.717, 1.165) is 12.0 Å². The van der Waals surface area contributed by atoms with Crippen LogP contribution in [0.4, 0.5) is 0 Å². The topological polar surface area (TPSA) is 24.9 Å². The molecule has 1 N–H and O–H groups in total. The fourth-order valence-electron chi connectivity index (χ4n) is 3.00. The molecule has 3 heteroatoms. The van der Waals surface area contributed by atoms with Crippen molar-refractivity contribution in [2.24, 2.45) is 5.92 Å².